The number of methoxy groups -OCH3 is 1. The minimum Gasteiger partial charge on any atom is -0.469 e. The van der Waals surface area contributed by atoms with Gasteiger partial charge in [-0.1, -0.05) is 29.8 Å². The number of alkyl halides is 1. The van der Waals surface area contributed by atoms with Gasteiger partial charge in [0.25, 0.3) is 0 Å². The van der Waals surface area contributed by atoms with Gasteiger partial charge in [0.15, 0.2) is 0 Å². The zero-order valence-electron chi connectivity index (χ0n) is 16.0. The summed E-state index contributed by atoms with van der Waals surface area (Å²) in [5.41, 5.74) is 3.48. The van der Waals surface area contributed by atoms with E-state index < -0.39 is 6.67 Å². The molecule has 2 heterocycles. The minimum atomic E-state index is -0.534. The average Bonchev–Trinajstić information content (AvgIpc) is 2.74. The SMILES string of the molecule is COC(=O)Cc1cnc(C2=CCN(C(=O)Nc3ccc(CF)cc3)CC2)c(Cl)c1. The highest BCUT2D eigenvalue weighted by Gasteiger charge is 2.20. The summed E-state index contributed by atoms with van der Waals surface area (Å²) in [6.45, 7) is 0.405. The molecule has 1 aromatic heterocycles. The molecule has 152 valence electrons. The van der Waals surface area contributed by atoms with Gasteiger partial charge < -0.3 is 15.0 Å². The summed E-state index contributed by atoms with van der Waals surface area (Å²) in [4.78, 5) is 29.9. The minimum absolute atomic E-state index is 0.114. The van der Waals surface area contributed by atoms with Crippen LogP contribution in [0.4, 0.5) is 14.9 Å². The van der Waals surface area contributed by atoms with E-state index in [-0.39, 0.29) is 18.4 Å². The first-order chi connectivity index (χ1) is 14.0. The van der Waals surface area contributed by atoms with Crippen LogP contribution in [-0.4, -0.2) is 42.1 Å². The molecule has 0 radical (unpaired) electrons. The van der Waals surface area contributed by atoms with Crippen LogP contribution in [0.2, 0.25) is 5.02 Å². The third-order valence-electron chi connectivity index (χ3n) is 4.63. The number of pyridine rings is 1. The summed E-state index contributed by atoms with van der Waals surface area (Å²) in [5, 5.41) is 3.27. The molecule has 0 aliphatic carbocycles. The van der Waals surface area contributed by atoms with E-state index in [1.807, 2.05) is 6.08 Å². The normalized spacial score (nSPS) is 13.6. The van der Waals surface area contributed by atoms with Gasteiger partial charge >= 0.3 is 12.0 Å². The van der Waals surface area contributed by atoms with Crippen molar-refractivity contribution >= 4 is 34.9 Å². The van der Waals surface area contributed by atoms with E-state index in [1.54, 1.807) is 41.4 Å². The summed E-state index contributed by atoms with van der Waals surface area (Å²) in [6.07, 6.45) is 4.25. The molecule has 1 N–H and O–H groups in total. The average molecular weight is 418 g/mol. The van der Waals surface area contributed by atoms with Crippen LogP contribution in [0.15, 0.2) is 42.6 Å². The summed E-state index contributed by atoms with van der Waals surface area (Å²) < 4.78 is 17.2. The number of halogens is 2. The number of anilines is 1. The fraction of sp³-hybridized carbons (Fsp3) is 0.286. The third-order valence-corrected chi connectivity index (χ3v) is 4.92. The third kappa shape index (κ3) is 5.32. The lowest BCUT2D eigenvalue weighted by Gasteiger charge is -2.27. The highest BCUT2D eigenvalue weighted by atomic mass is 35.5. The van der Waals surface area contributed by atoms with Crippen LogP contribution in [-0.2, 0) is 22.6 Å². The number of carbonyl (C=O) groups excluding carboxylic acids is 2. The smallest absolute Gasteiger partial charge is 0.322 e. The largest absolute Gasteiger partial charge is 0.469 e. The van der Waals surface area contributed by atoms with Crippen molar-refractivity contribution in [3.05, 3.63) is 64.4 Å². The van der Waals surface area contributed by atoms with Crippen molar-refractivity contribution in [3.63, 3.8) is 0 Å². The van der Waals surface area contributed by atoms with E-state index in [0.717, 1.165) is 5.57 Å². The van der Waals surface area contributed by atoms with Crippen molar-refractivity contribution in [1.82, 2.24) is 9.88 Å². The molecule has 1 aliphatic heterocycles. The first-order valence-corrected chi connectivity index (χ1v) is 9.49. The van der Waals surface area contributed by atoms with Gasteiger partial charge in [0.05, 0.1) is 24.2 Å². The lowest BCUT2D eigenvalue weighted by molar-refractivity contribution is -0.139. The van der Waals surface area contributed by atoms with Crippen molar-refractivity contribution in [1.29, 1.82) is 0 Å². The Bertz CT molecular complexity index is 931. The van der Waals surface area contributed by atoms with E-state index in [2.05, 4.69) is 15.0 Å². The molecular formula is C21H21ClFN3O3. The molecule has 0 atom stereocenters. The number of rotatable bonds is 5. The molecule has 0 bridgehead atoms. The number of nitrogens with one attached hydrogen (secondary N) is 1. The van der Waals surface area contributed by atoms with Crippen molar-refractivity contribution < 1.29 is 18.7 Å². The predicted octanol–water partition coefficient (Wildman–Crippen LogP) is 4.24. The summed E-state index contributed by atoms with van der Waals surface area (Å²) in [7, 11) is 1.33. The molecule has 8 heteroatoms. The maximum Gasteiger partial charge on any atom is 0.322 e. The number of amides is 2. The fourth-order valence-electron chi connectivity index (χ4n) is 3.00. The molecule has 0 spiro atoms. The number of hydrogen-bond donors (Lipinski definition) is 1. The molecule has 1 aromatic carbocycles. The first kappa shape index (κ1) is 20.8. The Morgan fingerprint density at radius 3 is 2.62 bits per heavy atom. The molecule has 0 unspecified atom stereocenters. The van der Waals surface area contributed by atoms with Gasteiger partial charge in [-0.2, -0.15) is 0 Å². The molecular weight excluding hydrogens is 397 g/mol. The number of urea groups is 1. The van der Waals surface area contributed by atoms with Gasteiger partial charge in [0.1, 0.15) is 6.67 Å². The van der Waals surface area contributed by atoms with Crippen LogP contribution in [0.5, 0.6) is 0 Å². The van der Waals surface area contributed by atoms with Crippen molar-refractivity contribution in [2.24, 2.45) is 0 Å². The number of esters is 1. The van der Waals surface area contributed by atoms with Crippen LogP contribution in [0.25, 0.3) is 5.57 Å². The molecule has 0 fully saturated rings. The molecule has 6 nitrogen and oxygen atoms in total. The molecule has 2 amide bonds. The topological polar surface area (TPSA) is 71.5 Å². The van der Waals surface area contributed by atoms with Crippen molar-refractivity contribution in [2.75, 3.05) is 25.5 Å². The van der Waals surface area contributed by atoms with Crippen LogP contribution < -0.4 is 5.32 Å². The van der Waals surface area contributed by atoms with E-state index in [9.17, 15) is 14.0 Å². The Morgan fingerprint density at radius 1 is 1.28 bits per heavy atom. The summed E-state index contributed by atoms with van der Waals surface area (Å²) >= 11 is 6.35. The van der Waals surface area contributed by atoms with Crippen LogP contribution >= 0.6 is 11.6 Å². The summed E-state index contributed by atoms with van der Waals surface area (Å²) in [5.74, 6) is -0.353. The maximum atomic E-state index is 12.6. The quantitative estimate of drug-likeness (QED) is 0.738. The van der Waals surface area contributed by atoms with Gasteiger partial charge in [-0.25, -0.2) is 9.18 Å². The lowest BCUT2D eigenvalue weighted by atomic mass is 10.0. The zero-order valence-corrected chi connectivity index (χ0v) is 16.7. The Morgan fingerprint density at radius 2 is 2.03 bits per heavy atom. The van der Waals surface area contributed by atoms with Gasteiger partial charge in [-0.3, -0.25) is 9.78 Å². The Labute approximate surface area is 173 Å². The number of carbonyl (C=O) groups is 2. The second-order valence-corrected chi connectivity index (χ2v) is 7.02. The molecule has 1 aliphatic rings. The Balaban J connectivity index is 1.62. The number of ether oxygens (including phenoxy) is 1. The number of aromatic nitrogens is 1. The summed E-state index contributed by atoms with van der Waals surface area (Å²) in [6, 6.07) is 8.13. The standard InChI is InChI=1S/C21H21ClFN3O3/c1-29-19(27)11-15-10-18(22)20(24-13-15)16-6-8-26(9-7-16)21(28)25-17-4-2-14(12-23)3-5-17/h2-6,10,13H,7-9,11-12H2,1H3,(H,25,28). The van der Waals surface area contributed by atoms with Crippen LogP contribution in [0, 0.1) is 0 Å². The number of hydrogen-bond acceptors (Lipinski definition) is 4. The lowest BCUT2D eigenvalue weighted by Crippen LogP contribution is -2.37. The van der Waals surface area contributed by atoms with E-state index in [0.29, 0.717) is 47.0 Å². The molecule has 0 saturated heterocycles. The van der Waals surface area contributed by atoms with Gasteiger partial charge in [-0.15, -0.1) is 0 Å². The second-order valence-electron chi connectivity index (χ2n) is 6.61. The zero-order chi connectivity index (χ0) is 20.8. The van der Waals surface area contributed by atoms with Crippen molar-refractivity contribution in [3.8, 4) is 0 Å². The van der Waals surface area contributed by atoms with Gasteiger partial charge in [0, 0.05) is 25.0 Å². The van der Waals surface area contributed by atoms with Crippen LogP contribution in [0.3, 0.4) is 0 Å². The van der Waals surface area contributed by atoms with Gasteiger partial charge in [0.2, 0.25) is 0 Å². The molecule has 3 rings (SSSR count). The van der Waals surface area contributed by atoms with Crippen molar-refractivity contribution in [2.45, 2.75) is 19.5 Å². The number of benzene rings is 1. The number of nitrogens with zero attached hydrogens (tertiary/aromatic N) is 2. The molecule has 29 heavy (non-hydrogen) atoms. The highest BCUT2D eigenvalue weighted by molar-refractivity contribution is 6.32. The molecule has 0 saturated carbocycles. The van der Waals surface area contributed by atoms with E-state index in [1.165, 1.54) is 7.11 Å². The van der Waals surface area contributed by atoms with E-state index >= 15 is 0 Å². The van der Waals surface area contributed by atoms with E-state index in [4.69, 9.17) is 11.6 Å². The first-order valence-electron chi connectivity index (χ1n) is 9.11. The maximum absolute atomic E-state index is 12.6. The van der Waals surface area contributed by atoms with Gasteiger partial charge in [-0.05, 0) is 41.3 Å². The Hall–Kier alpha value is -2.93. The van der Waals surface area contributed by atoms with Crippen LogP contribution in [0.1, 0.15) is 23.2 Å². The second kappa shape index (κ2) is 9.52. The molecule has 2 aromatic rings. The predicted molar refractivity (Wildman–Crippen MR) is 109 cm³/mol. The Kier molecular flexibility index (Phi) is 6.82. The highest BCUT2D eigenvalue weighted by Crippen LogP contribution is 2.28. The monoisotopic (exact) mass is 417 g/mol. The fourth-order valence-corrected chi connectivity index (χ4v) is 3.31.